The molecule has 2 aromatic carbocycles. The molecule has 0 unspecified atom stereocenters. The van der Waals surface area contributed by atoms with Gasteiger partial charge in [-0.15, -0.1) is 0 Å². The highest BCUT2D eigenvalue weighted by molar-refractivity contribution is 5.66. The van der Waals surface area contributed by atoms with Crippen molar-refractivity contribution in [2.45, 2.75) is 26.7 Å². The van der Waals surface area contributed by atoms with E-state index in [0.717, 1.165) is 18.4 Å². The summed E-state index contributed by atoms with van der Waals surface area (Å²) in [4.78, 5) is 0. The number of hydrogen-bond donors (Lipinski definition) is 0. The molecular weight excluding hydrogens is 230 g/mol. The molecule has 18 heavy (non-hydrogen) atoms. The van der Waals surface area contributed by atoms with Gasteiger partial charge >= 0.3 is 0 Å². The second kappa shape index (κ2) is 5.30. The third-order valence-electron chi connectivity index (χ3n) is 3.15. The predicted molar refractivity (Wildman–Crippen MR) is 69.4 cm³/mol. The monoisotopic (exact) mass is 245 g/mol. The van der Waals surface area contributed by atoms with Crippen LogP contribution in [-0.4, -0.2) is 0 Å². The second-order valence-corrected chi connectivity index (χ2v) is 4.21. The molecule has 0 fully saturated rings. The SMILES string of the molecule is CCc1ccc(-c2c(F)[c]ccc2F)cc1CC. The van der Waals surface area contributed by atoms with Crippen LogP contribution in [0, 0.1) is 17.7 Å². The van der Waals surface area contributed by atoms with Crippen molar-refractivity contribution in [2.24, 2.45) is 0 Å². The molecule has 2 rings (SSSR count). The molecule has 0 aromatic heterocycles. The Balaban J connectivity index is 2.58. The molecule has 0 saturated carbocycles. The van der Waals surface area contributed by atoms with E-state index in [2.05, 4.69) is 13.0 Å². The van der Waals surface area contributed by atoms with Gasteiger partial charge < -0.3 is 0 Å². The molecule has 0 N–H and O–H groups in total. The largest absolute Gasteiger partial charge is 0.206 e. The molecule has 0 heterocycles. The fraction of sp³-hybridized carbons (Fsp3) is 0.250. The first-order valence-electron chi connectivity index (χ1n) is 6.15. The number of aryl methyl sites for hydroxylation is 2. The van der Waals surface area contributed by atoms with Crippen molar-refractivity contribution < 1.29 is 8.78 Å². The van der Waals surface area contributed by atoms with Crippen molar-refractivity contribution in [1.82, 2.24) is 0 Å². The van der Waals surface area contributed by atoms with Gasteiger partial charge in [-0.05, 0) is 41.7 Å². The zero-order chi connectivity index (χ0) is 13.1. The van der Waals surface area contributed by atoms with Crippen molar-refractivity contribution in [3.8, 4) is 11.1 Å². The lowest BCUT2D eigenvalue weighted by atomic mass is 9.96. The molecule has 0 spiro atoms. The van der Waals surface area contributed by atoms with E-state index >= 15 is 0 Å². The highest BCUT2D eigenvalue weighted by Gasteiger charge is 2.12. The van der Waals surface area contributed by atoms with E-state index in [4.69, 9.17) is 0 Å². The molecule has 2 heteroatoms. The lowest BCUT2D eigenvalue weighted by Gasteiger charge is -2.10. The van der Waals surface area contributed by atoms with Crippen LogP contribution in [0.25, 0.3) is 11.1 Å². The lowest BCUT2D eigenvalue weighted by Crippen LogP contribution is -1.95. The van der Waals surface area contributed by atoms with E-state index in [1.807, 2.05) is 19.1 Å². The van der Waals surface area contributed by atoms with Gasteiger partial charge in [0.2, 0.25) is 0 Å². The van der Waals surface area contributed by atoms with Crippen LogP contribution in [0.15, 0.2) is 30.3 Å². The van der Waals surface area contributed by atoms with E-state index in [1.165, 1.54) is 17.7 Å². The minimum absolute atomic E-state index is 0.00912. The molecule has 0 aliphatic rings. The Hall–Kier alpha value is -1.70. The van der Waals surface area contributed by atoms with E-state index in [0.29, 0.717) is 5.56 Å². The lowest BCUT2D eigenvalue weighted by molar-refractivity contribution is 0.588. The second-order valence-electron chi connectivity index (χ2n) is 4.21. The first-order valence-corrected chi connectivity index (χ1v) is 6.15. The fourth-order valence-electron chi connectivity index (χ4n) is 2.17. The van der Waals surface area contributed by atoms with Crippen molar-refractivity contribution in [3.05, 3.63) is 59.2 Å². The van der Waals surface area contributed by atoms with E-state index < -0.39 is 11.6 Å². The van der Waals surface area contributed by atoms with Crippen molar-refractivity contribution in [2.75, 3.05) is 0 Å². The van der Waals surface area contributed by atoms with Crippen LogP contribution >= 0.6 is 0 Å². The summed E-state index contributed by atoms with van der Waals surface area (Å²) in [6.45, 7) is 4.12. The first kappa shape index (κ1) is 12.7. The standard InChI is InChI=1S/C16H15F2/c1-3-11-8-9-13(10-12(11)4-2)16-14(17)6-5-7-15(16)18/h5-6,8-10H,3-4H2,1-2H3. The van der Waals surface area contributed by atoms with Crippen LogP contribution in [-0.2, 0) is 12.8 Å². The Kier molecular flexibility index (Phi) is 3.75. The van der Waals surface area contributed by atoms with Crippen molar-refractivity contribution in [3.63, 3.8) is 0 Å². The summed E-state index contributed by atoms with van der Waals surface area (Å²) in [5.41, 5.74) is 2.95. The maximum atomic E-state index is 13.7. The highest BCUT2D eigenvalue weighted by Crippen LogP contribution is 2.28. The molecule has 0 saturated heterocycles. The van der Waals surface area contributed by atoms with E-state index in [1.54, 1.807) is 6.07 Å². The number of hydrogen-bond acceptors (Lipinski definition) is 0. The molecule has 0 aliphatic carbocycles. The highest BCUT2D eigenvalue weighted by atomic mass is 19.1. The number of benzene rings is 2. The molecule has 0 atom stereocenters. The molecule has 0 aliphatic heterocycles. The van der Waals surface area contributed by atoms with Gasteiger partial charge in [0.05, 0.1) is 5.56 Å². The minimum Gasteiger partial charge on any atom is -0.206 e. The average molecular weight is 245 g/mol. The maximum Gasteiger partial charge on any atom is 0.141 e. The van der Waals surface area contributed by atoms with Gasteiger partial charge in [-0.1, -0.05) is 32.0 Å². The van der Waals surface area contributed by atoms with E-state index in [9.17, 15) is 8.78 Å². The van der Waals surface area contributed by atoms with Crippen LogP contribution < -0.4 is 0 Å². The number of halogens is 2. The molecule has 1 radical (unpaired) electrons. The molecule has 0 bridgehead atoms. The van der Waals surface area contributed by atoms with Crippen LogP contribution in [0.5, 0.6) is 0 Å². The third-order valence-corrected chi connectivity index (χ3v) is 3.15. The summed E-state index contributed by atoms with van der Waals surface area (Å²) in [6.07, 6.45) is 1.78. The molecule has 93 valence electrons. The van der Waals surface area contributed by atoms with Gasteiger partial charge in [-0.25, -0.2) is 8.78 Å². The molecule has 0 nitrogen and oxygen atoms in total. The summed E-state index contributed by atoms with van der Waals surface area (Å²) in [6, 6.07) is 10.5. The van der Waals surface area contributed by atoms with Gasteiger partial charge in [-0.3, -0.25) is 0 Å². The topological polar surface area (TPSA) is 0 Å². The van der Waals surface area contributed by atoms with Gasteiger partial charge in [0.25, 0.3) is 0 Å². The predicted octanol–water partition coefficient (Wildman–Crippen LogP) is 4.56. The van der Waals surface area contributed by atoms with Crippen molar-refractivity contribution >= 4 is 0 Å². The van der Waals surface area contributed by atoms with Crippen LogP contribution in [0.2, 0.25) is 0 Å². The Bertz CT molecular complexity index is 539. The first-order chi connectivity index (χ1) is 8.67. The third kappa shape index (κ3) is 2.28. The minimum atomic E-state index is -0.638. The van der Waals surface area contributed by atoms with Crippen LogP contribution in [0.1, 0.15) is 25.0 Å². The molecular formula is C16H15F2. The summed E-state index contributed by atoms with van der Waals surface area (Å²) in [7, 11) is 0. The Morgan fingerprint density at radius 2 is 1.72 bits per heavy atom. The molecule has 2 aromatic rings. The number of rotatable bonds is 3. The van der Waals surface area contributed by atoms with Crippen molar-refractivity contribution in [1.29, 1.82) is 0 Å². The Labute approximate surface area is 106 Å². The van der Waals surface area contributed by atoms with Gasteiger partial charge in [0, 0.05) is 6.07 Å². The Morgan fingerprint density at radius 1 is 1.00 bits per heavy atom. The quantitative estimate of drug-likeness (QED) is 0.743. The van der Waals surface area contributed by atoms with Crippen LogP contribution in [0.4, 0.5) is 8.78 Å². The van der Waals surface area contributed by atoms with Gasteiger partial charge in [0.1, 0.15) is 11.6 Å². The fourth-order valence-corrected chi connectivity index (χ4v) is 2.17. The van der Waals surface area contributed by atoms with Crippen LogP contribution in [0.3, 0.4) is 0 Å². The zero-order valence-corrected chi connectivity index (χ0v) is 10.6. The van der Waals surface area contributed by atoms with E-state index in [-0.39, 0.29) is 5.56 Å². The van der Waals surface area contributed by atoms with Gasteiger partial charge in [-0.2, -0.15) is 0 Å². The maximum absolute atomic E-state index is 13.7. The smallest absolute Gasteiger partial charge is 0.141 e. The zero-order valence-electron chi connectivity index (χ0n) is 10.6. The molecule has 0 amide bonds. The summed E-state index contributed by atoms with van der Waals surface area (Å²) >= 11 is 0. The summed E-state index contributed by atoms with van der Waals surface area (Å²) < 4.78 is 27.4. The van der Waals surface area contributed by atoms with Gasteiger partial charge in [0.15, 0.2) is 0 Å². The summed E-state index contributed by atoms with van der Waals surface area (Å²) in [5, 5.41) is 0. The summed E-state index contributed by atoms with van der Waals surface area (Å²) in [5.74, 6) is -1.18. The Morgan fingerprint density at radius 3 is 2.33 bits per heavy atom. The average Bonchev–Trinajstić information content (AvgIpc) is 2.38. The normalized spacial score (nSPS) is 10.7.